The van der Waals surface area contributed by atoms with Crippen LogP contribution < -0.4 is 0 Å². The van der Waals surface area contributed by atoms with E-state index in [0.29, 0.717) is 4.68 Å². The molecule has 1 aromatic rings. The maximum Gasteiger partial charge on any atom is 0.410 e. The molecule has 1 aromatic heterocycles. The molecule has 0 N–H and O–H groups in total. The second-order valence-electron chi connectivity index (χ2n) is 4.72. The van der Waals surface area contributed by atoms with E-state index in [1.807, 2.05) is 0 Å². The topological polar surface area (TPSA) is 47.4 Å². The van der Waals surface area contributed by atoms with Gasteiger partial charge >= 0.3 is 6.09 Å². The number of hydrogen-bond donors (Lipinski definition) is 0. The average Bonchev–Trinajstić information content (AvgIpc) is 2.88. The molecule has 6 heteroatoms. The fourth-order valence-corrected chi connectivity index (χ4v) is 1.51. The summed E-state index contributed by atoms with van der Waals surface area (Å²) in [6.45, 7) is -2.60. The lowest BCUT2D eigenvalue weighted by atomic mass is 10.1. The molecule has 1 saturated heterocycles. The highest BCUT2D eigenvalue weighted by atomic mass is 79.9. The van der Waals surface area contributed by atoms with E-state index in [0.717, 1.165) is 6.20 Å². The van der Waals surface area contributed by atoms with E-state index in [-0.39, 0.29) is 9.50 Å². The Morgan fingerprint density at radius 1 is 1.58 bits per heavy atom. The molecule has 0 aromatic carbocycles. The Morgan fingerprint density at radius 3 is 2.68 bits per heavy atom. The lowest BCUT2D eigenvalue weighted by Crippen LogP contribution is -2.42. The molecular formula is C13H20BrN3O2. The van der Waals surface area contributed by atoms with Gasteiger partial charge in [0, 0.05) is 30.2 Å². The average molecular weight is 339 g/mol. The number of nitrogens with zero attached hydrogens (tertiary/aromatic N) is 3. The zero-order valence-corrected chi connectivity index (χ0v) is 12.3. The molecule has 5 nitrogen and oxygen atoms in total. The summed E-state index contributed by atoms with van der Waals surface area (Å²) in [6, 6.07) is -1.94. The lowest BCUT2D eigenvalue weighted by Gasteiger charge is -2.33. The summed E-state index contributed by atoms with van der Waals surface area (Å²) in [4.78, 5) is 12.3. The Bertz CT molecular complexity index is 762. The number of carbonyl (C=O) groups excluding carboxylic acids is 1. The Kier molecular flexibility index (Phi) is 1.92. The molecule has 1 aliphatic heterocycles. The lowest BCUT2D eigenvalue weighted by molar-refractivity contribution is 0.0184. The number of rotatable bonds is 1. The highest BCUT2D eigenvalue weighted by Gasteiger charge is 2.27. The number of aromatic nitrogens is 2. The molecule has 0 unspecified atom stereocenters. The summed E-state index contributed by atoms with van der Waals surface area (Å²) < 4.78 is 80.2. The molecule has 1 amide bonds. The molecule has 0 bridgehead atoms. The molecule has 0 aliphatic carbocycles. The quantitative estimate of drug-likeness (QED) is 0.789. The van der Waals surface area contributed by atoms with E-state index in [9.17, 15) is 4.79 Å². The van der Waals surface area contributed by atoms with Crippen LogP contribution in [0.5, 0.6) is 0 Å². The summed E-state index contributed by atoms with van der Waals surface area (Å²) in [5.74, 6) is 0. The molecule has 106 valence electrons. The first-order valence-electron chi connectivity index (χ1n) is 10.00. The van der Waals surface area contributed by atoms with E-state index >= 15 is 0 Å². The van der Waals surface area contributed by atoms with Crippen molar-refractivity contribution in [2.24, 2.45) is 0 Å². The normalized spacial score (nSPS) is 36.8. The Labute approximate surface area is 134 Å². The summed E-state index contributed by atoms with van der Waals surface area (Å²) in [5.41, 5.74) is -1.18. The van der Waals surface area contributed by atoms with Crippen molar-refractivity contribution in [3.8, 4) is 0 Å². The Balaban J connectivity index is 2.78. The van der Waals surface area contributed by atoms with E-state index in [1.54, 1.807) is 0 Å². The third kappa shape index (κ3) is 3.96. The molecule has 1 fully saturated rings. The third-order valence-electron chi connectivity index (χ3n) is 1.93. The fourth-order valence-electron chi connectivity index (χ4n) is 1.22. The molecule has 0 atom stereocenters. The number of likely N-dealkylation sites (tertiary alicyclic amines) is 1. The van der Waals surface area contributed by atoms with Crippen LogP contribution in [0.4, 0.5) is 4.79 Å². The zero-order chi connectivity index (χ0) is 22.1. The van der Waals surface area contributed by atoms with Gasteiger partial charge in [0.2, 0.25) is 0 Å². The van der Waals surface area contributed by atoms with Crippen molar-refractivity contribution in [3.63, 3.8) is 0 Å². The van der Waals surface area contributed by atoms with Gasteiger partial charge in [0.25, 0.3) is 0 Å². The predicted octanol–water partition coefficient (Wildman–Crippen LogP) is 3.22. The molecule has 2 rings (SSSR count). The highest BCUT2D eigenvalue weighted by Crippen LogP contribution is 2.24. The minimum atomic E-state index is -3.47. The molecular weight excluding hydrogens is 310 g/mol. The van der Waals surface area contributed by atoms with E-state index in [4.69, 9.17) is 17.1 Å². The van der Waals surface area contributed by atoms with Gasteiger partial charge in [-0.1, -0.05) is 0 Å². The first kappa shape index (κ1) is 6.61. The number of hydrogen-bond acceptors (Lipinski definition) is 3. The second kappa shape index (κ2) is 5.53. The van der Waals surface area contributed by atoms with Gasteiger partial charge in [0.1, 0.15) is 10.2 Å². The Hall–Kier alpha value is -1.04. The van der Waals surface area contributed by atoms with Crippen LogP contribution in [0.2, 0.25) is 0 Å². The van der Waals surface area contributed by atoms with Crippen molar-refractivity contribution >= 4 is 22.0 Å². The molecule has 19 heavy (non-hydrogen) atoms. The summed E-state index contributed by atoms with van der Waals surface area (Å²) in [7, 11) is 0. The second-order valence-corrected chi connectivity index (χ2v) is 5.53. The van der Waals surface area contributed by atoms with Gasteiger partial charge in [-0.15, -0.1) is 0 Å². The van der Waals surface area contributed by atoms with Gasteiger partial charge in [-0.2, -0.15) is 5.10 Å². The van der Waals surface area contributed by atoms with Gasteiger partial charge < -0.3 is 9.64 Å². The standard InChI is InChI=1S/C13H20BrN3O2/c1-13(2,3)19-12(18)16-7-4-10(5-8-16)17-9-6-11(14)15-17/h6,9-10H,4-5,7-8H2,1-3H3/i4D2,5D2,7D2,8D2,10D. The number of halogens is 1. The molecule has 0 radical (unpaired) electrons. The number of piperidine rings is 1. The first-order valence-corrected chi connectivity index (χ1v) is 6.29. The van der Waals surface area contributed by atoms with Crippen LogP contribution in [0.25, 0.3) is 0 Å². The number of ether oxygens (including phenoxy) is 1. The monoisotopic (exact) mass is 338 g/mol. The summed E-state index contributed by atoms with van der Waals surface area (Å²) in [6.07, 6.45) is -7.45. The van der Waals surface area contributed by atoms with Crippen molar-refractivity contribution in [1.82, 2.24) is 14.7 Å². The maximum atomic E-state index is 12.6. The van der Waals surface area contributed by atoms with Gasteiger partial charge in [0.15, 0.2) is 0 Å². The minimum absolute atomic E-state index is 0.112. The first-order chi connectivity index (χ1) is 12.2. The van der Waals surface area contributed by atoms with Gasteiger partial charge in [0.05, 0.1) is 7.39 Å². The maximum absolute atomic E-state index is 12.6. The highest BCUT2D eigenvalue weighted by molar-refractivity contribution is 9.10. The Morgan fingerprint density at radius 2 is 2.21 bits per heavy atom. The van der Waals surface area contributed by atoms with Crippen LogP contribution in [-0.4, -0.2) is 39.4 Å². The fraction of sp³-hybridized carbons (Fsp3) is 0.692. The van der Waals surface area contributed by atoms with Crippen LogP contribution >= 0.6 is 15.9 Å². The van der Waals surface area contributed by atoms with Crippen LogP contribution in [0.3, 0.4) is 0 Å². The SMILES string of the molecule is [2H]C1([2H])N(C(=O)OC(C)(C)C)C([2H])([2H])C([2H])([2H])C([2H])(n2ccc(Br)n2)C1([2H])[2H]. The number of carbonyl (C=O) groups is 1. The molecule has 2 heterocycles. The smallest absolute Gasteiger partial charge is 0.410 e. The van der Waals surface area contributed by atoms with Crippen LogP contribution in [0.1, 0.15) is 51.9 Å². The van der Waals surface area contributed by atoms with E-state index < -0.39 is 43.5 Å². The molecule has 1 aliphatic rings. The van der Waals surface area contributed by atoms with Crippen molar-refractivity contribution in [2.45, 2.75) is 45.1 Å². The third-order valence-corrected chi connectivity index (χ3v) is 2.36. The summed E-state index contributed by atoms with van der Waals surface area (Å²) in [5, 5.41) is 3.76. The summed E-state index contributed by atoms with van der Waals surface area (Å²) >= 11 is 2.99. The van der Waals surface area contributed by atoms with Crippen LogP contribution in [0.15, 0.2) is 16.9 Å². The van der Waals surface area contributed by atoms with E-state index in [1.165, 1.54) is 26.8 Å². The molecule has 0 saturated carbocycles. The van der Waals surface area contributed by atoms with Crippen LogP contribution in [0, 0.1) is 0 Å². The predicted molar refractivity (Wildman–Crippen MR) is 76.0 cm³/mol. The van der Waals surface area contributed by atoms with Gasteiger partial charge in [-0.3, -0.25) is 4.68 Å². The van der Waals surface area contributed by atoms with Crippen molar-refractivity contribution in [1.29, 1.82) is 0 Å². The van der Waals surface area contributed by atoms with Gasteiger partial charge in [-0.05, 0) is 55.5 Å². The molecule has 0 spiro atoms. The van der Waals surface area contributed by atoms with Crippen molar-refractivity contribution in [3.05, 3.63) is 16.9 Å². The zero-order valence-electron chi connectivity index (χ0n) is 19.7. The number of amides is 1. The van der Waals surface area contributed by atoms with Gasteiger partial charge in [-0.25, -0.2) is 4.79 Å². The van der Waals surface area contributed by atoms with Crippen molar-refractivity contribution < 1.29 is 21.9 Å². The largest absolute Gasteiger partial charge is 0.444 e. The van der Waals surface area contributed by atoms with Crippen molar-refractivity contribution in [2.75, 3.05) is 13.0 Å². The van der Waals surface area contributed by atoms with Crippen LogP contribution in [-0.2, 0) is 4.74 Å². The van der Waals surface area contributed by atoms with E-state index in [2.05, 4.69) is 21.0 Å². The minimum Gasteiger partial charge on any atom is -0.444 e.